The number of piperidine rings is 1. The van der Waals surface area contributed by atoms with Crippen LogP contribution in [-0.4, -0.2) is 35.1 Å². The lowest BCUT2D eigenvalue weighted by atomic mass is 9.99. The van der Waals surface area contributed by atoms with Crippen molar-refractivity contribution in [1.29, 1.82) is 0 Å². The fraction of sp³-hybridized carbons (Fsp3) is 0.625. The number of hydrogen-bond acceptors (Lipinski definition) is 4. The Kier molecular flexibility index (Phi) is 7.58. The molecule has 2 saturated heterocycles. The molecule has 23 heavy (non-hydrogen) atoms. The van der Waals surface area contributed by atoms with Crippen molar-refractivity contribution in [3.63, 3.8) is 0 Å². The lowest BCUT2D eigenvalue weighted by Crippen LogP contribution is -2.48. The van der Waals surface area contributed by atoms with Crippen LogP contribution in [0.2, 0.25) is 0 Å². The standard InChI is InChI=1S/C16H23N3O2.2ClH/c1-10(2)21-14-4-3-7-17-15(14)16(20)19-13-8-11-5-6-12(9-13)18-11;;/h3-4,7,10-13,18H,5-6,8-9H2,1-2H3,(H,19,20);2*1H. The van der Waals surface area contributed by atoms with Crippen molar-refractivity contribution in [2.45, 2.75) is 63.8 Å². The predicted molar refractivity (Wildman–Crippen MR) is 94.9 cm³/mol. The number of pyridine rings is 1. The number of rotatable bonds is 4. The van der Waals surface area contributed by atoms with Crippen molar-refractivity contribution in [2.75, 3.05) is 0 Å². The molecule has 0 spiro atoms. The molecule has 2 atom stereocenters. The predicted octanol–water partition coefficient (Wildman–Crippen LogP) is 2.73. The topological polar surface area (TPSA) is 63.2 Å². The van der Waals surface area contributed by atoms with Gasteiger partial charge in [0.15, 0.2) is 11.4 Å². The maximum absolute atomic E-state index is 12.5. The highest BCUT2D eigenvalue weighted by Gasteiger charge is 2.34. The van der Waals surface area contributed by atoms with E-state index < -0.39 is 0 Å². The molecular weight excluding hydrogens is 337 g/mol. The third-order valence-corrected chi connectivity index (χ3v) is 4.16. The van der Waals surface area contributed by atoms with Gasteiger partial charge >= 0.3 is 0 Å². The number of carbonyl (C=O) groups is 1. The number of halogens is 2. The number of hydrogen-bond donors (Lipinski definition) is 2. The average molecular weight is 362 g/mol. The van der Waals surface area contributed by atoms with Gasteiger partial charge in [0, 0.05) is 24.3 Å². The van der Waals surface area contributed by atoms with Crippen LogP contribution in [0, 0.1) is 0 Å². The first-order valence-electron chi connectivity index (χ1n) is 7.80. The zero-order valence-corrected chi connectivity index (χ0v) is 15.1. The maximum atomic E-state index is 12.5. The van der Waals surface area contributed by atoms with Crippen LogP contribution < -0.4 is 15.4 Å². The van der Waals surface area contributed by atoms with Gasteiger partial charge in [-0.1, -0.05) is 0 Å². The molecule has 5 nitrogen and oxygen atoms in total. The molecule has 1 amide bonds. The summed E-state index contributed by atoms with van der Waals surface area (Å²) in [6.07, 6.45) is 6.12. The van der Waals surface area contributed by atoms with Crippen LogP contribution in [0.25, 0.3) is 0 Å². The molecule has 0 saturated carbocycles. The number of nitrogens with one attached hydrogen (secondary N) is 2. The van der Waals surface area contributed by atoms with Crippen molar-refractivity contribution >= 4 is 30.7 Å². The molecule has 2 aliphatic heterocycles. The number of nitrogens with zero attached hydrogens (tertiary/aromatic N) is 1. The molecule has 2 aliphatic rings. The van der Waals surface area contributed by atoms with Crippen LogP contribution in [0.1, 0.15) is 50.0 Å². The molecule has 0 radical (unpaired) electrons. The molecule has 3 heterocycles. The van der Waals surface area contributed by atoms with E-state index in [0.717, 1.165) is 12.8 Å². The number of ether oxygens (including phenoxy) is 1. The van der Waals surface area contributed by atoms with E-state index in [1.165, 1.54) is 12.8 Å². The Morgan fingerprint density at radius 3 is 2.57 bits per heavy atom. The second-order valence-electron chi connectivity index (χ2n) is 6.30. The van der Waals surface area contributed by atoms with Crippen molar-refractivity contribution in [3.05, 3.63) is 24.0 Å². The monoisotopic (exact) mass is 361 g/mol. The molecule has 2 unspecified atom stereocenters. The molecule has 2 bridgehead atoms. The van der Waals surface area contributed by atoms with Crippen LogP contribution in [0.15, 0.2) is 18.3 Å². The van der Waals surface area contributed by atoms with Crippen LogP contribution in [-0.2, 0) is 0 Å². The van der Waals surface area contributed by atoms with Crippen LogP contribution in [0.3, 0.4) is 0 Å². The maximum Gasteiger partial charge on any atom is 0.273 e. The Hall–Kier alpha value is -1.04. The molecule has 7 heteroatoms. The lowest BCUT2D eigenvalue weighted by molar-refractivity contribution is 0.0912. The molecular formula is C16H25Cl2N3O2. The van der Waals surface area contributed by atoms with E-state index in [2.05, 4.69) is 15.6 Å². The number of aromatic nitrogens is 1. The first-order chi connectivity index (χ1) is 10.1. The first kappa shape index (κ1) is 20.0. The molecule has 0 aliphatic carbocycles. The Morgan fingerprint density at radius 2 is 1.96 bits per heavy atom. The van der Waals surface area contributed by atoms with Gasteiger partial charge < -0.3 is 15.4 Å². The fourth-order valence-corrected chi connectivity index (χ4v) is 3.34. The van der Waals surface area contributed by atoms with E-state index in [1.807, 2.05) is 13.8 Å². The summed E-state index contributed by atoms with van der Waals surface area (Å²) in [4.78, 5) is 16.7. The van der Waals surface area contributed by atoms with Gasteiger partial charge in [-0.15, -0.1) is 24.8 Å². The van der Waals surface area contributed by atoms with Gasteiger partial charge in [0.05, 0.1) is 6.10 Å². The lowest BCUT2D eigenvalue weighted by Gasteiger charge is -2.29. The summed E-state index contributed by atoms with van der Waals surface area (Å²) < 4.78 is 5.67. The highest BCUT2D eigenvalue weighted by atomic mass is 35.5. The quantitative estimate of drug-likeness (QED) is 0.865. The van der Waals surface area contributed by atoms with E-state index in [-0.39, 0.29) is 42.9 Å². The minimum Gasteiger partial charge on any atom is -0.489 e. The summed E-state index contributed by atoms with van der Waals surface area (Å²) in [7, 11) is 0. The summed E-state index contributed by atoms with van der Waals surface area (Å²) in [5, 5.41) is 6.71. The third-order valence-electron chi connectivity index (χ3n) is 4.16. The molecule has 3 rings (SSSR count). The van der Waals surface area contributed by atoms with Crippen LogP contribution in [0.5, 0.6) is 5.75 Å². The third kappa shape index (κ3) is 4.96. The zero-order chi connectivity index (χ0) is 14.8. The summed E-state index contributed by atoms with van der Waals surface area (Å²) in [6.45, 7) is 3.89. The minimum atomic E-state index is -0.127. The van der Waals surface area contributed by atoms with Crippen molar-refractivity contribution in [1.82, 2.24) is 15.6 Å². The van der Waals surface area contributed by atoms with Gasteiger partial charge in [-0.05, 0) is 51.7 Å². The van der Waals surface area contributed by atoms with E-state index in [9.17, 15) is 4.79 Å². The van der Waals surface area contributed by atoms with Gasteiger partial charge in [-0.3, -0.25) is 4.79 Å². The van der Waals surface area contributed by atoms with Gasteiger partial charge in [-0.25, -0.2) is 4.98 Å². The largest absolute Gasteiger partial charge is 0.489 e. The van der Waals surface area contributed by atoms with Crippen LogP contribution in [0.4, 0.5) is 0 Å². The van der Waals surface area contributed by atoms with E-state index in [1.54, 1.807) is 18.3 Å². The van der Waals surface area contributed by atoms with Gasteiger partial charge in [0.1, 0.15) is 0 Å². The minimum absolute atomic E-state index is 0. The Bertz CT molecular complexity index is 516. The van der Waals surface area contributed by atoms with Gasteiger partial charge in [-0.2, -0.15) is 0 Å². The highest BCUT2D eigenvalue weighted by molar-refractivity contribution is 5.95. The molecule has 130 valence electrons. The van der Waals surface area contributed by atoms with Crippen molar-refractivity contribution in [3.8, 4) is 5.75 Å². The normalized spacial score (nSPS) is 25.3. The second kappa shape index (κ2) is 8.71. The highest BCUT2D eigenvalue weighted by Crippen LogP contribution is 2.27. The molecule has 1 aromatic rings. The van der Waals surface area contributed by atoms with Crippen LogP contribution >= 0.6 is 24.8 Å². The average Bonchev–Trinajstić information content (AvgIpc) is 2.78. The number of carbonyl (C=O) groups excluding carboxylic acids is 1. The Balaban J connectivity index is 0.00000132. The molecule has 2 fully saturated rings. The van der Waals surface area contributed by atoms with E-state index in [0.29, 0.717) is 23.5 Å². The molecule has 1 aromatic heterocycles. The smallest absolute Gasteiger partial charge is 0.273 e. The number of amides is 1. The van der Waals surface area contributed by atoms with Gasteiger partial charge in [0.2, 0.25) is 0 Å². The second-order valence-corrected chi connectivity index (χ2v) is 6.30. The SMILES string of the molecule is CC(C)Oc1cccnc1C(=O)NC1CC2CCC(C1)N2.Cl.Cl. The molecule has 2 N–H and O–H groups in total. The Labute approximate surface area is 149 Å². The fourth-order valence-electron chi connectivity index (χ4n) is 3.34. The first-order valence-corrected chi connectivity index (χ1v) is 7.80. The number of fused-ring (bicyclic) bond motifs is 2. The van der Waals surface area contributed by atoms with Crippen molar-refractivity contribution < 1.29 is 9.53 Å². The molecule has 0 aromatic carbocycles. The summed E-state index contributed by atoms with van der Waals surface area (Å²) in [5.41, 5.74) is 0.386. The van der Waals surface area contributed by atoms with Gasteiger partial charge in [0.25, 0.3) is 5.91 Å². The van der Waals surface area contributed by atoms with E-state index >= 15 is 0 Å². The Morgan fingerprint density at radius 1 is 1.30 bits per heavy atom. The summed E-state index contributed by atoms with van der Waals surface area (Å²) in [5.74, 6) is 0.430. The summed E-state index contributed by atoms with van der Waals surface area (Å²) >= 11 is 0. The van der Waals surface area contributed by atoms with E-state index in [4.69, 9.17) is 4.74 Å². The summed E-state index contributed by atoms with van der Waals surface area (Å²) in [6, 6.07) is 4.95. The van der Waals surface area contributed by atoms with Crippen molar-refractivity contribution in [2.24, 2.45) is 0 Å². The zero-order valence-electron chi connectivity index (χ0n) is 13.5.